The number of aromatic nitrogens is 2. The Bertz CT molecular complexity index is 2850. The predicted octanol–water partition coefficient (Wildman–Crippen LogP) is 13.4. The maximum atomic E-state index is 5.11. The van der Waals surface area contributed by atoms with E-state index in [1.54, 1.807) is 11.3 Å². The molecule has 0 radical (unpaired) electrons. The Labute approximate surface area is 299 Å². The highest BCUT2D eigenvalue weighted by Crippen LogP contribution is 2.41. The first-order valence-electron chi connectivity index (χ1n) is 17.2. The summed E-state index contributed by atoms with van der Waals surface area (Å²) < 4.78 is 3.63. The van der Waals surface area contributed by atoms with Gasteiger partial charge in [0.15, 0.2) is 0 Å². The van der Waals surface area contributed by atoms with E-state index >= 15 is 0 Å². The summed E-state index contributed by atoms with van der Waals surface area (Å²) in [6.45, 7) is 0. The quantitative estimate of drug-likeness (QED) is 0.176. The molecule has 0 unspecified atom stereocenters. The smallest absolute Gasteiger partial charge is 0.125 e. The lowest BCUT2D eigenvalue weighted by atomic mass is 10.0. The molecule has 0 aliphatic carbocycles. The SMILES string of the molecule is c1ccc(-c2cccc(N(c3ccc(-c4ccc5c(n4)sc4ccccc45)cc3)c3ccc4c(c3)c3ccccc3n4-c3ccccc3)c2)cc1. The summed E-state index contributed by atoms with van der Waals surface area (Å²) in [5.41, 5.74) is 11.3. The zero-order valence-electron chi connectivity index (χ0n) is 27.6. The largest absolute Gasteiger partial charge is 0.310 e. The van der Waals surface area contributed by atoms with Gasteiger partial charge in [-0.15, -0.1) is 11.3 Å². The topological polar surface area (TPSA) is 21.1 Å². The first-order valence-corrected chi connectivity index (χ1v) is 18.0. The zero-order valence-corrected chi connectivity index (χ0v) is 28.5. The van der Waals surface area contributed by atoms with Crippen LogP contribution in [0.1, 0.15) is 0 Å². The molecule has 0 bridgehead atoms. The second-order valence-corrected chi connectivity index (χ2v) is 13.9. The summed E-state index contributed by atoms with van der Waals surface area (Å²) in [6.07, 6.45) is 0. The van der Waals surface area contributed by atoms with Crippen molar-refractivity contribution in [1.29, 1.82) is 0 Å². The lowest BCUT2D eigenvalue weighted by Gasteiger charge is -2.26. The van der Waals surface area contributed by atoms with Crippen LogP contribution >= 0.6 is 11.3 Å². The van der Waals surface area contributed by atoms with Gasteiger partial charge < -0.3 is 9.47 Å². The summed E-state index contributed by atoms with van der Waals surface area (Å²) in [4.78, 5) is 8.55. The van der Waals surface area contributed by atoms with Crippen molar-refractivity contribution < 1.29 is 0 Å². The minimum atomic E-state index is 0.980. The molecule has 0 amide bonds. The van der Waals surface area contributed by atoms with E-state index < -0.39 is 0 Å². The Balaban J connectivity index is 1.12. The average Bonchev–Trinajstić information content (AvgIpc) is 3.74. The Hall–Kier alpha value is -6.49. The maximum absolute atomic E-state index is 5.11. The first-order chi connectivity index (χ1) is 25.3. The molecule has 3 nitrogen and oxygen atoms in total. The van der Waals surface area contributed by atoms with Gasteiger partial charge in [0.05, 0.1) is 16.7 Å². The number of fused-ring (bicyclic) bond motifs is 6. The molecule has 51 heavy (non-hydrogen) atoms. The highest BCUT2D eigenvalue weighted by molar-refractivity contribution is 7.25. The molecule has 0 spiro atoms. The first kappa shape index (κ1) is 29.4. The Kier molecular flexibility index (Phi) is 7.00. The lowest BCUT2D eigenvalue weighted by molar-refractivity contribution is 1.18. The summed E-state index contributed by atoms with van der Waals surface area (Å²) in [7, 11) is 0. The van der Waals surface area contributed by atoms with E-state index in [2.05, 4.69) is 198 Å². The van der Waals surface area contributed by atoms with Crippen molar-refractivity contribution >= 4 is 70.5 Å². The molecule has 0 N–H and O–H groups in total. The molecular weight excluding hydrogens is 639 g/mol. The third-order valence-corrected chi connectivity index (χ3v) is 10.9. The Morgan fingerprint density at radius 1 is 0.412 bits per heavy atom. The van der Waals surface area contributed by atoms with Crippen molar-refractivity contribution in [1.82, 2.24) is 9.55 Å². The molecule has 10 rings (SSSR count). The van der Waals surface area contributed by atoms with Crippen LogP contribution in [0.2, 0.25) is 0 Å². The van der Waals surface area contributed by atoms with Crippen LogP contribution in [-0.2, 0) is 0 Å². The molecule has 4 heteroatoms. The third kappa shape index (κ3) is 5.08. The van der Waals surface area contributed by atoms with E-state index in [0.717, 1.165) is 38.8 Å². The fraction of sp³-hybridized carbons (Fsp3) is 0. The molecule has 0 aliphatic rings. The number of anilines is 3. The average molecular weight is 670 g/mol. The fourth-order valence-electron chi connectivity index (χ4n) is 7.41. The molecular formula is C47H31N3S. The van der Waals surface area contributed by atoms with Crippen molar-refractivity contribution in [2.45, 2.75) is 0 Å². The second-order valence-electron chi connectivity index (χ2n) is 12.8. The van der Waals surface area contributed by atoms with Gasteiger partial charge in [-0.1, -0.05) is 109 Å². The normalized spacial score (nSPS) is 11.5. The number of hydrogen-bond donors (Lipinski definition) is 0. The van der Waals surface area contributed by atoms with Crippen molar-refractivity contribution in [3.8, 4) is 28.1 Å². The molecule has 0 atom stereocenters. The molecule has 3 aromatic heterocycles. The highest BCUT2D eigenvalue weighted by Gasteiger charge is 2.18. The second kappa shape index (κ2) is 12.1. The standard InChI is InChI=1S/C47H31N3S/c1-3-12-32(13-4-1)34-14-11-17-37(30-34)49(36-24-22-33(23-25-36)43-28-27-41-40-19-8-10-21-46(40)51-47(41)48-43)38-26-29-45-42(31-38)39-18-7-9-20-44(39)50(45)35-15-5-2-6-16-35/h1-31H. The summed E-state index contributed by atoms with van der Waals surface area (Å²) in [5.74, 6) is 0. The van der Waals surface area contributed by atoms with Gasteiger partial charge in [0.1, 0.15) is 4.83 Å². The van der Waals surface area contributed by atoms with Crippen LogP contribution in [0.4, 0.5) is 17.1 Å². The van der Waals surface area contributed by atoms with Gasteiger partial charge in [0, 0.05) is 54.6 Å². The molecule has 0 fully saturated rings. The highest BCUT2D eigenvalue weighted by atomic mass is 32.1. The minimum absolute atomic E-state index is 0.980. The van der Waals surface area contributed by atoms with Crippen molar-refractivity contribution in [2.75, 3.05) is 4.90 Å². The van der Waals surface area contributed by atoms with Crippen LogP contribution in [0.15, 0.2) is 188 Å². The van der Waals surface area contributed by atoms with Gasteiger partial charge in [-0.05, 0) is 90.0 Å². The van der Waals surface area contributed by atoms with Crippen molar-refractivity contribution in [3.05, 3.63) is 188 Å². The molecule has 0 aliphatic heterocycles. The van der Waals surface area contributed by atoms with Gasteiger partial charge in [0.2, 0.25) is 0 Å². The Morgan fingerprint density at radius 3 is 1.92 bits per heavy atom. The van der Waals surface area contributed by atoms with Crippen LogP contribution < -0.4 is 4.90 Å². The lowest BCUT2D eigenvalue weighted by Crippen LogP contribution is -2.10. The zero-order chi connectivity index (χ0) is 33.7. The van der Waals surface area contributed by atoms with E-state index in [-0.39, 0.29) is 0 Å². The van der Waals surface area contributed by atoms with Gasteiger partial charge in [0.25, 0.3) is 0 Å². The van der Waals surface area contributed by atoms with Crippen LogP contribution in [0, 0.1) is 0 Å². The summed E-state index contributed by atoms with van der Waals surface area (Å²) in [6, 6.07) is 67.4. The maximum Gasteiger partial charge on any atom is 0.125 e. The van der Waals surface area contributed by atoms with Gasteiger partial charge in [-0.25, -0.2) is 4.98 Å². The molecule has 7 aromatic carbocycles. The molecule has 10 aromatic rings. The molecule has 0 saturated carbocycles. The van der Waals surface area contributed by atoms with Gasteiger partial charge >= 0.3 is 0 Å². The van der Waals surface area contributed by atoms with Crippen LogP contribution in [0.3, 0.4) is 0 Å². The molecule has 240 valence electrons. The van der Waals surface area contributed by atoms with Gasteiger partial charge in [-0.2, -0.15) is 0 Å². The molecule has 0 saturated heterocycles. The van der Waals surface area contributed by atoms with E-state index in [1.165, 1.54) is 48.4 Å². The van der Waals surface area contributed by atoms with E-state index in [0.29, 0.717) is 0 Å². The van der Waals surface area contributed by atoms with Crippen molar-refractivity contribution in [3.63, 3.8) is 0 Å². The van der Waals surface area contributed by atoms with Crippen LogP contribution in [0.5, 0.6) is 0 Å². The number of rotatable bonds is 6. The summed E-state index contributed by atoms with van der Waals surface area (Å²) in [5, 5.41) is 4.93. The number of pyridine rings is 1. The minimum Gasteiger partial charge on any atom is -0.310 e. The van der Waals surface area contributed by atoms with Gasteiger partial charge in [-0.3, -0.25) is 0 Å². The molecule has 3 heterocycles. The van der Waals surface area contributed by atoms with E-state index in [9.17, 15) is 0 Å². The number of benzene rings is 7. The number of hydrogen-bond acceptors (Lipinski definition) is 3. The van der Waals surface area contributed by atoms with E-state index in [4.69, 9.17) is 4.98 Å². The van der Waals surface area contributed by atoms with E-state index in [1.807, 2.05) is 0 Å². The monoisotopic (exact) mass is 669 g/mol. The number of nitrogens with zero attached hydrogens (tertiary/aromatic N) is 3. The van der Waals surface area contributed by atoms with Crippen LogP contribution in [-0.4, -0.2) is 9.55 Å². The number of thiophene rings is 1. The predicted molar refractivity (Wildman–Crippen MR) is 217 cm³/mol. The van der Waals surface area contributed by atoms with Crippen molar-refractivity contribution in [2.24, 2.45) is 0 Å². The number of para-hydroxylation sites is 2. The fourth-order valence-corrected chi connectivity index (χ4v) is 8.48. The summed E-state index contributed by atoms with van der Waals surface area (Å²) >= 11 is 1.75. The Morgan fingerprint density at radius 2 is 1.08 bits per heavy atom. The third-order valence-electron chi connectivity index (χ3n) is 9.81. The van der Waals surface area contributed by atoms with Crippen LogP contribution in [0.25, 0.3) is 70.2 Å².